The van der Waals surface area contributed by atoms with Crippen LogP contribution in [0.1, 0.15) is 25.2 Å². The third-order valence-corrected chi connectivity index (χ3v) is 4.31. The predicted molar refractivity (Wildman–Crippen MR) is 96.2 cm³/mol. The second-order valence-corrected chi connectivity index (χ2v) is 6.81. The third-order valence-electron chi connectivity index (χ3n) is 4.01. The molecule has 0 radical (unpaired) electrons. The van der Waals surface area contributed by atoms with Crippen LogP contribution in [0.15, 0.2) is 36.4 Å². The maximum absolute atomic E-state index is 14.3. The fourth-order valence-corrected chi connectivity index (χ4v) is 2.94. The topological polar surface area (TPSA) is 63.7 Å². The van der Waals surface area contributed by atoms with Crippen LogP contribution in [0.5, 0.6) is 5.75 Å². The lowest BCUT2D eigenvalue weighted by molar-refractivity contribution is 0.0950. The predicted octanol–water partition coefficient (Wildman–Crippen LogP) is 4.60. The molecule has 138 valence electrons. The Morgan fingerprint density at radius 1 is 1.15 bits per heavy atom. The molecule has 0 aliphatic rings. The molecule has 0 aliphatic heterocycles. The molecule has 3 aromatic rings. The van der Waals surface area contributed by atoms with Crippen LogP contribution < -0.4 is 4.74 Å². The summed E-state index contributed by atoms with van der Waals surface area (Å²) in [4.78, 5) is 0. The minimum absolute atomic E-state index is 0.128. The summed E-state index contributed by atoms with van der Waals surface area (Å²) in [5.41, 5.74) is -0.552. The largest absolute Gasteiger partial charge is 0.478 e. The molecule has 8 heteroatoms. The Balaban J connectivity index is 1.97. The molecule has 0 N–H and O–H groups in total. The Kier molecular flexibility index (Phi) is 4.85. The molecular weight excluding hydrogens is 374 g/mol. The highest BCUT2D eigenvalue weighted by atomic mass is 35.5. The van der Waals surface area contributed by atoms with Gasteiger partial charge in [0.25, 0.3) is 0 Å². The molecule has 0 unspecified atom stereocenters. The lowest BCUT2D eigenvalue weighted by Crippen LogP contribution is -2.29. The van der Waals surface area contributed by atoms with Crippen molar-refractivity contribution in [1.29, 1.82) is 5.26 Å². The van der Waals surface area contributed by atoms with Crippen molar-refractivity contribution in [3.63, 3.8) is 0 Å². The van der Waals surface area contributed by atoms with E-state index in [1.807, 2.05) is 6.07 Å². The normalized spacial score (nSPS) is 11.3. The van der Waals surface area contributed by atoms with Crippen LogP contribution in [0.2, 0.25) is 5.02 Å². The van der Waals surface area contributed by atoms with Gasteiger partial charge < -0.3 is 9.30 Å². The van der Waals surface area contributed by atoms with Crippen LogP contribution in [0.3, 0.4) is 0 Å². The molecule has 0 amide bonds. The quantitative estimate of drug-likeness (QED) is 0.655. The van der Waals surface area contributed by atoms with Crippen molar-refractivity contribution in [2.45, 2.75) is 19.4 Å². The molecule has 0 fully saturated rings. The van der Waals surface area contributed by atoms with Gasteiger partial charge in [-0.25, -0.2) is 8.78 Å². The number of nitriles is 1. The third kappa shape index (κ3) is 3.62. The van der Waals surface area contributed by atoms with E-state index in [2.05, 4.69) is 10.2 Å². The highest BCUT2D eigenvalue weighted by Gasteiger charge is 2.31. The van der Waals surface area contributed by atoms with E-state index in [0.717, 1.165) is 12.1 Å². The van der Waals surface area contributed by atoms with Crippen molar-refractivity contribution in [2.75, 3.05) is 0 Å². The number of halogens is 3. The molecule has 0 saturated carbocycles. The first kappa shape index (κ1) is 18.8. The number of ether oxygens (including phenoxy) is 1. The first-order chi connectivity index (χ1) is 12.7. The summed E-state index contributed by atoms with van der Waals surface area (Å²) in [6, 6.07) is 9.84. The summed E-state index contributed by atoms with van der Waals surface area (Å²) < 4.78 is 35.1. The zero-order valence-electron chi connectivity index (χ0n) is 14.8. The average molecular weight is 389 g/mol. The SMILES string of the molecule is Cn1c(-c2ccc(C#N)cc2F)nnc1C(C)(C)Oc1ccc(F)cc1Cl. The zero-order chi connectivity index (χ0) is 19.8. The van der Waals surface area contributed by atoms with E-state index >= 15 is 0 Å². The zero-order valence-corrected chi connectivity index (χ0v) is 15.6. The maximum Gasteiger partial charge on any atom is 0.176 e. The fraction of sp³-hybridized carbons (Fsp3) is 0.211. The molecule has 0 bridgehead atoms. The van der Waals surface area contributed by atoms with Crippen LogP contribution in [-0.4, -0.2) is 14.8 Å². The second kappa shape index (κ2) is 6.97. The van der Waals surface area contributed by atoms with Crippen LogP contribution in [0, 0.1) is 23.0 Å². The number of nitrogens with zero attached hydrogens (tertiary/aromatic N) is 4. The average Bonchev–Trinajstić information content (AvgIpc) is 2.99. The van der Waals surface area contributed by atoms with Gasteiger partial charge in [0.15, 0.2) is 17.2 Å². The summed E-state index contributed by atoms with van der Waals surface area (Å²) in [6.07, 6.45) is 0. The van der Waals surface area contributed by atoms with Gasteiger partial charge in [0.2, 0.25) is 0 Å². The standard InChI is InChI=1S/C19H15ClF2N4O/c1-19(2,27-16-7-5-12(21)9-14(16)20)18-25-24-17(26(18)3)13-6-4-11(10-23)8-15(13)22/h4-9H,1-3H3. The highest BCUT2D eigenvalue weighted by Crippen LogP contribution is 2.33. The number of aromatic nitrogens is 3. The lowest BCUT2D eigenvalue weighted by Gasteiger charge is -2.26. The number of rotatable bonds is 4. The van der Waals surface area contributed by atoms with E-state index in [9.17, 15) is 8.78 Å². The van der Waals surface area contributed by atoms with Gasteiger partial charge in [-0.1, -0.05) is 11.6 Å². The minimum Gasteiger partial charge on any atom is -0.478 e. The Bertz CT molecular complexity index is 1060. The molecular formula is C19H15ClF2N4O. The van der Waals surface area contributed by atoms with Crippen LogP contribution in [0.25, 0.3) is 11.4 Å². The molecule has 0 aliphatic carbocycles. The molecule has 0 spiro atoms. The number of hydrogen-bond acceptors (Lipinski definition) is 4. The van der Waals surface area contributed by atoms with E-state index in [4.69, 9.17) is 21.6 Å². The van der Waals surface area contributed by atoms with Gasteiger partial charge in [-0.15, -0.1) is 10.2 Å². The van der Waals surface area contributed by atoms with E-state index in [1.54, 1.807) is 25.5 Å². The van der Waals surface area contributed by atoms with Gasteiger partial charge in [0.05, 0.1) is 22.2 Å². The molecule has 0 saturated heterocycles. The first-order valence-corrected chi connectivity index (χ1v) is 8.34. The lowest BCUT2D eigenvalue weighted by atomic mass is 10.1. The summed E-state index contributed by atoms with van der Waals surface area (Å²) in [5.74, 6) is -0.0496. The van der Waals surface area contributed by atoms with Crippen molar-refractivity contribution in [3.8, 4) is 23.2 Å². The highest BCUT2D eigenvalue weighted by molar-refractivity contribution is 6.32. The summed E-state index contributed by atoms with van der Waals surface area (Å²) in [7, 11) is 1.68. The van der Waals surface area contributed by atoms with Crippen molar-refractivity contribution in [3.05, 3.63) is 64.4 Å². The Morgan fingerprint density at radius 3 is 2.52 bits per heavy atom. The molecule has 1 aromatic heterocycles. The molecule has 3 rings (SSSR count). The van der Waals surface area contributed by atoms with Crippen LogP contribution in [-0.2, 0) is 12.6 Å². The van der Waals surface area contributed by atoms with Crippen molar-refractivity contribution >= 4 is 11.6 Å². The Labute approximate surface area is 159 Å². The van der Waals surface area contributed by atoms with Crippen LogP contribution in [0.4, 0.5) is 8.78 Å². The molecule has 1 heterocycles. The summed E-state index contributed by atoms with van der Waals surface area (Å²) >= 11 is 6.03. The molecule has 2 aromatic carbocycles. The molecule has 5 nitrogen and oxygen atoms in total. The van der Waals surface area contributed by atoms with Crippen molar-refractivity contribution in [2.24, 2.45) is 7.05 Å². The van der Waals surface area contributed by atoms with Gasteiger partial charge in [-0.2, -0.15) is 5.26 Å². The van der Waals surface area contributed by atoms with E-state index in [-0.39, 0.29) is 27.7 Å². The van der Waals surface area contributed by atoms with Crippen molar-refractivity contribution < 1.29 is 13.5 Å². The summed E-state index contributed by atoms with van der Waals surface area (Å²) in [6.45, 7) is 3.49. The van der Waals surface area contributed by atoms with Crippen LogP contribution >= 0.6 is 11.6 Å². The van der Waals surface area contributed by atoms with E-state index in [0.29, 0.717) is 5.82 Å². The fourth-order valence-electron chi connectivity index (χ4n) is 2.73. The van der Waals surface area contributed by atoms with Gasteiger partial charge in [-0.3, -0.25) is 0 Å². The van der Waals surface area contributed by atoms with Gasteiger partial charge in [0, 0.05) is 7.05 Å². The first-order valence-electron chi connectivity index (χ1n) is 7.97. The smallest absolute Gasteiger partial charge is 0.176 e. The van der Waals surface area contributed by atoms with E-state index < -0.39 is 17.2 Å². The van der Waals surface area contributed by atoms with E-state index in [1.165, 1.54) is 24.3 Å². The Morgan fingerprint density at radius 2 is 1.89 bits per heavy atom. The molecule has 27 heavy (non-hydrogen) atoms. The van der Waals surface area contributed by atoms with Gasteiger partial charge in [0.1, 0.15) is 17.4 Å². The van der Waals surface area contributed by atoms with Gasteiger partial charge >= 0.3 is 0 Å². The second-order valence-electron chi connectivity index (χ2n) is 6.40. The Hall–Kier alpha value is -2.98. The molecule has 0 atom stereocenters. The minimum atomic E-state index is -0.982. The number of benzene rings is 2. The van der Waals surface area contributed by atoms with Crippen molar-refractivity contribution in [1.82, 2.24) is 14.8 Å². The summed E-state index contributed by atoms with van der Waals surface area (Å²) in [5, 5.41) is 17.2. The van der Waals surface area contributed by atoms with Gasteiger partial charge in [-0.05, 0) is 50.2 Å². The monoisotopic (exact) mass is 388 g/mol. The number of hydrogen-bond donors (Lipinski definition) is 0. The maximum atomic E-state index is 14.3.